The van der Waals surface area contributed by atoms with Gasteiger partial charge in [0.2, 0.25) is 5.91 Å². The molecule has 0 unspecified atom stereocenters. The zero-order valence-corrected chi connectivity index (χ0v) is 11.6. The van der Waals surface area contributed by atoms with Crippen LogP contribution in [-0.2, 0) is 9.53 Å². The smallest absolute Gasteiger partial charge is 0.239 e. The Hall–Kier alpha value is -1.07. The SMILES string of the molecule is COC[C@@H](C)NC(=O)CNc1ccc(Br)cc1. The van der Waals surface area contributed by atoms with Crippen LogP contribution in [0.3, 0.4) is 0 Å². The standard InChI is InChI=1S/C12H17BrN2O2/c1-9(8-17-2)15-12(16)7-14-11-5-3-10(13)4-6-11/h3-6,9,14H,7-8H2,1-2H3,(H,15,16)/t9-/m1/s1. The van der Waals surface area contributed by atoms with Crippen LogP contribution < -0.4 is 10.6 Å². The molecule has 0 saturated carbocycles. The Balaban J connectivity index is 2.30. The average Bonchev–Trinajstić information content (AvgIpc) is 2.28. The van der Waals surface area contributed by atoms with Crippen molar-refractivity contribution in [3.05, 3.63) is 28.7 Å². The van der Waals surface area contributed by atoms with E-state index >= 15 is 0 Å². The van der Waals surface area contributed by atoms with Crippen molar-refractivity contribution in [2.75, 3.05) is 25.6 Å². The first-order valence-electron chi connectivity index (χ1n) is 5.39. The van der Waals surface area contributed by atoms with Crippen molar-refractivity contribution in [3.63, 3.8) is 0 Å². The number of methoxy groups -OCH3 is 1. The minimum absolute atomic E-state index is 0.0271. The van der Waals surface area contributed by atoms with Crippen molar-refractivity contribution < 1.29 is 9.53 Å². The molecule has 0 bridgehead atoms. The second kappa shape index (κ2) is 7.29. The van der Waals surface area contributed by atoms with Crippen LogP contribution in [0.1, 0.15) is 6.92 Å². The van der Waals surface area contributed by atoms with Crippen LogP contribution in [0.25, 0.3) is 0 Å². The molecule has 1 aromatic rings. The summed E-state index contributed by atoms with van der Waals surface area (Å²) < 4.78 is 5.96. The number of nitrogens with one attached hydrogen (secondary N) is 2. The number of anilines is 1. The van der Waals surface area contributed by atoms with Crippen molar-refractivity contribution in [1.29, 1.82) is 0 Å². The largest absolute Gasteiger partial charge is 0.383 e. The number of halogens is 1. The Morgan fingerprint density at radius 1 is 1.41 bits per heavy atom. The van der Waals surface area contributed by atoms with Crippen LogP contribution in [-0.4, -0.2) is 32.2 Å². The van der Waals surface area contributed by atoms with Crippen LogP contribution in [0.4, 0.5) is 5.69 Å². The normalized spacial score (nSPS) is 11.9. The highest BCUT2D eigenvalue weighted by atomic mass is 79.9. The van der Waals surface area contributed by atoms with Crippen molar-refractivity contribution in [2.24, 2.45) is 0 Å². The maximum atomic E-state index is 11.5. The van der Waals surface area contributed by atoms with E-state index in [4.69, 9.17) is 4.74 Å². The van der Waals surface area contributed by atoms with Gasteiger partial charge in [-0.2, -0.15) is 0 Å². The molecule has 1 rings (SSSR count). The number of hydrogen-bond donors (Lipinski definition) is 2. The molecule has 0 heterocycles. The van der Waals surface area contributed by atoms with Gasteiger partial charge < -0.3 is 15.4 Å². The van der Waals surface area contributed by atoms with Crippen molar-refractivity contribution >= 4 is 27.5 Å². The molecule has 5 heteroatoms. The predicted molar refractivity (Wildman–Crippen MR) is 72.1 cm³/mol. The van der Waals surface area contributed by atoms with Crippen LogP contribution in [0.2, 0.25) is 0 Å². The molecule has 0 radical (unpaired) electrons. The number of rotatable bonds is 6. The van der Waals surface area contributed by atoms with E-state index in [9.17, 15) is 4.79 Å². The molecule has 0 aliphatic heterocycles. The topological polar surface area (TPSA) is 50.4 Å². The Kier molecular flexibility index (Phi) is 6.00. The first-order chi connectivity index (χ1) is 8.11. The Morgan fingerprint density at radius 3 is 2.65 bits per heavy atom. The lowest BCUT2D eigenvalue weighted by Gasteiger charge is -2.13. The van der Waals surface area contributed by atoms with E-state index in [2.05, 4.69) is 26.6 Å². The Morgan fingerprint density at radius 2 is 2.06 bits per heavy atom. The number of ether oxygens (including phenoxy) is 1. The van der Waals surface area contributed by atoms with Crippen molar-refractivity contribution in [3.8, 4) is 0 Å². The molecule has 94 valence electrons. The van der Waals surface area contributed by atoms with Gasteiger partial charge >= 0.3 is 0 Å². The fourth-order valence-corrected chi connectivity index (χ4v) is 1.63. The summed E-state index contributed by atoms with van der Waals surface area (Å²) >= 11 is 3.35. The monoisotopic (exact) mass is 300 g/mol. The lowest BCUT2D eigenvalue weighted by molar-refractivity contribution is -0.120. The summed E-state index contributed by atoms with van der Waals surface area (Å²) in [4.78, 5) is 11.5. The molecule has 0 aliphatic carbocycles. The Bertz CT molecular complexity index is 354. The molecule has 1 atom stereocenters. The van der Waals surface area contributed by atoms with Gasteiger partial charge in [-0.3, -0.25) is 4.79 Å². The molecular weight excluding hydrogens is 284 g/mol. The maximum Gasteiger partial charge on any atom is 0.239 e. The average molecular weight is 301 g/mol. The third kappa shape index (κ3) is 5.70. The second-order valence-corrected chi connectivity index (χ2v) is 4.70. The summed E-state index contributed by atoms with van der Waals surface area (Å²) in [5.41, 5.74) is 0.919. The third-order valence-electron chi connectivity index (χ3n) is 2.12. The lowest BCUT2D eigenvalue weighted by Crippen LogP contribution is -2.39. The fourth-order valence-electron chi connectivity index (χ4n) is 1.37. The quantitative estimate of drug-likeness (QED) is 0.845. The maximum absolute atomic E-state index is 11.5. The van der Waals surface area contributed by atoms with Crippen LogP contribution in [0, 0.1) is 0 Å². The number of benzene rings is 1. The summed E-state index contributed by atoms with van der Waals surface area (Å²) in [5.74, 6) is -0.0440. The van der Waals surface area contributed by atoms with Crippen molar-refractivity contribution in [1.82, 2.24) is 5.32 Å². The molecule has 4 nitrogen and oxygen atoms in total. The van der Waals surface area contributed by atoms with Crippen LogP contribution >= 0.6 is 15.9 Å². The molecule has 0 spiro atoms. The fraction of sp³-hybridized carbons (Fsp3) is 0.417. The number of carbonyl (C=O) groups is 1. The summed E-state index contributed by atoms with van der Waals surface area (Å²) in [6.45, 7) is 2.68. The highest BCUT2D eigenvalue weighted by molar-refractivity contribution is 9.10. The van der Waals surface area contributed by atoms with Gasteiger partial charge in [0.15, 0.2) is 0 Å². The van der Waals surface area contributed by atoms with Gasteiger partial charge in [0.05, 0.1) is 13.2 Å². The van der Waals surface area contributed by atoms with E-state index in [1.54, 1.807) is 7.11 Å². The number of amides is 1. The van der Waals surface area contributed by atoms with E-state index in [0.29, 0.717) is 6.61 Å². The van der Waals surface area contributed by atoms with Gasteiger partial charge in [-0.25, -0.2) is 0 Å². The number of carbonyl (C=O) groups excluding carboxylic acids is 1. The summed E-state index contributed by atoms with van der Waals surface area (Å²) in [6, 6.07) is 7.70. The second-order valence-electron chi connectivity index (χ2n) is 3.78. The van der Waals surface area contributed by atoms with Gasteiger partial charge in [0.1, 0.15) is 0 Å². The van der Waals surface area contributed by atoms with E-state index in [1.807, 2.05) is 31.2 Å². The van der Waals surface area contributed by atoms with Crippen LogP contribution in [0.5, 0.6) is 0 Å². The van der Waals surface area contributed by atoms with Crippen molar-refractivity contribution in [2.45, 2.75) is 13.0 Å². The minimum Gasteiger partial charge on any atom is -0.383 e. The predicted octanol–water partition coefficient (Wildman–Crippen LogP) is 2.01. The first kappa shape index (κ1) is 14.0. The molecule has 17 heavy (non-hydrogen) atoms. The Labute approximate surface area is 110 Å². The van der Waals surface area contributed by atoms with E-state index in [-0.39, 0.29) is 18.5 Å². The van der Waals surface area contributed by atoms with Crippen LogP contribution in [0.15, 0.2) is 28.7 Å². The molecule has 1 aromatic carbocycles. The molecule has 2 N–H and O–H groups in total. The molecule has 1 amide bonds. The zero-order chi connectivity index (χ0) is 12.7. The molecule has 0 aliphatic rings. The summed E-state index contributed by atoms with van der Waals surface area (Å²) in [7, 11) is 1.61. The van der Waals surface area contributed by atoms with E-state index < -0.39 is 0 Å². The van der Waals surface area contributed by atoms with Gasteiger partial charge in [-0.1, -0.05) is 15.9 Å². The van der Waals surface area contributed by atoms with Gasteiger partial charge in [-0.05, 0) is 31.2 Å². The third-order valence-corrected chi connectivity index (χ3v) is 2.65. The van der Waals surface area contributed by atoms with Gasteiger partial charge in [-0.15, -0.1) is 0 Å². The minimum atomic E-state index is -0.0440. The molecular formula is C12H17BrN2O2. The highest BCUT2D eigenvalue weighted by Gasteiger charge is 2.06. The number of hydrogen-bond acceptors (Lipinski definition) is 3. The highest BCUT2D eigenvalue weighted by Crippen LogP contribution is 2.13. The lowest BCUT2D eigenvalue weighted by atomic mass is 10.3. The van der Waals surface area contributed by atoms with E-state index in [0.717, 1.165) is 10.2 Å². The zero-order valence-electron chi connectivity index (χ0n) is 10.00. The van der Waals surface area contributed by atoms with Gasteiger partial charge in [0, 0.05) is 23.3 Å². The molecule has 0 fully saturated rings. The first-order valence-corrected chi connectivity index (χ1v) is 6.19. The molecule has 0 saturated heterocycles. The van der Waals surface area contributed by atoms with E-state index in [1.165, 1.54) is 0 Å². The van der Waals surface area contributed by atoms with Gasteiger partial charge in [0.25, 0.3) is 0 Å². The summed E-state index contributed by atoms with van der Waals surface area (Å²) in [6.07, 6.45) is 0. The summed E-state index contributed by atoms with van der Waals surface area (Å²) in [5, 5.41) is 5.87. The molecule has 0 aromatic heterocycles.